The first-order valence-electron chi connectivity index (χ1n) is 3.05. The lowest BCUT2D eigenvalue weighted by Crippen LogP contribution is -2.18. The van der Waals surface area contributed by atoms with Crippen LogP contribution in [0, 0.1) is 5.92 Å². The van der Waals surface area contributed by atoms with Crippen LogP contribution in [0.15, 0.2) is 11.6 Å². The van der Waals surface area contributed by atoms with Crippen molar-refractivity contribution in [1.82, 2.24) is 0 Å². The average Bonchev–Trinajstić information content (AvgIpc) is 1.62. The van der Waals surface area contributed by atoms with E-state index in [0.717, 1.165) is 5.92 Å². The molecule has 1 aliphatic heterocycles. The van der Waals surface area contributed by atoms with Crippen molar-refractivity contribution in [3.63, 3.8) is 0 Å². The standard InChI is InChI=1S/C7H12S/c1-3-6(2)7-4-8-5-7/h3,7H,4-5H2,1-2H3. The average molecular weight is 128 g/mol. The summed E-state index contributed by atoms with van der Waals surface area (Å²) in [7, 11) is 0. The van der Waals surface area contributed by atoms with Crippen molar-refractivity contribution in [3.05, 3.63) is 11.6 Å². The van der Waals surface area contributed by atoms with Gasteiger partial charge < -0.3 is 0 Å². The summed E-state index contributed by atoms with van der Waals surface area (Å²) >= 11 is 2.05. The molecule has 0 spiro atoms. The minimum absolute atomic E-state index is 0.921. The third-order valence-electron chi connectivity index (χ3n) is 1.74. The molecule has 0 N–H and O–H groups in total. The number of rotatable bonds is 1. The predicted molar refractivity (Wildman–Crippen MR) is 40.2 cm³/mol. The van der Waals surface area contributed by atoms with E-state index >= 15 is 0 Å². The fraction of sp³-hybridized carbons (Fsp3) is 0.714. The molecule has 0 aromatic rings. The van der Waals surface area contributed by atoms with Crippen LogP contribution in [0.1, 0.15) is 13.8 Å². The SMILES string of the molecule is CC=C(C)C1CSC1. The topological polar surface area (TPSA) is 0 Å². The molecule has 0 atom stereocenters. The minimum Gasteiger partial charge on any atom is -0.161 e. The first-order valence-corrected chi connectivity index (χ1v) is 4.20. The van der Waals surface area contributed by atoms with Gasteiger partial charge in [-0.2, -0.15) is 11.8 Å². The molecule has 0 aromatic carbocycles. The van der Waals surface area contributed by atoms with E-state index in [4.69, 9.17) is 0 Å². The zero-order valence-corrected chi connectivity index (χ0v) is 6.29. The first kappa shape index (κ1) is 6.21. The maximum atomic E-state index is 2.23. The summed E-state index contributed by atoms with van der Waals surface area (Å²) in [6.45, 7) is 4.35. The molecule has 46 valence electrons. The molecule has 0 aliphatic carbocycles. The Balaban J connectivity index is 2.34. The number of hydrogen-bond donors (Lipinski definition) is 0. The molecule has 8 heavy (non-hydrogen) atoms. The smallest absolute Gasteiger partial charge is 0.000627 e. The lowest BCUT2D eigenvalue weighted by atomic mass is 10.0. The van der Waals surface area contributed by atoms with Gasteiger partial charge in [0.15, 0.2) is 0 Å². The fourth-order valence-corrected chi connectivity index (χ4v) is 1.73. The molecule has 0 amide bonds. The van der Waals surface area contributed by atoms with E-state index in [1.165, 1.54) is 11.5 Å². The van der Waals surface area contributed by atoms with Crippen LogP contribution in [0.4, 0.5) is 0 Å². The van der Waals surface area contributed by atoms with Gasteiger partial charge in [0.2, 0.25) is 0 Å². The van der Waals surface area contributed by atoms with Crippen molar-refractivity contribution in [2.45, 2.75) is 13.8 Å². The zero-order valence-electron chi connectivity index (χ0n) is 5.48. The van der Waals surface area contributed by atoms with E-state index < -0.39 is 0 Å². The lowest BCUT2D eigenvalue weighted by Gasteiger charge is -2.25. The molecule has 0 saturated carbocycles. The van der Waals surface area contributed by atoms with Gasteiger partial charge in [0.1, 0.15) is 0 Å². The third kappa shape index (κ3) is 1.08. The zero-order chi connectivity index (χ0) is 5.98. The second-order valence-electron chi connectivity index (χ2n) is 2.27. The highest BCUT2D eigenvalue weighted by Gasteiger charge is 2.18. The van der Waals surface area contributed by atoms with Gasteiger partial charge in [0.25, 0.3) is 0 Å². The minimum atomic E-state index is 0.921. The normalized spacial score (nSPS) is 23.0. The fourth-order valence-electron chi connectivity index (χ4n) is 0.734. The van der Waals surface area contributed by atoms with Gasteiger partial charge in [-0.1, -0.05) is 11.6 Å². The Hall–Kier alpha value is 0.0900. The Kier molecular flexibility index (Phi) is 2.01. The van der Waals surface area contributed by atoms with Crippen LogP contribution < -0.4 is 0 Å². The van der Waals surface area contributed by atoms with E-state index in [9.17, 15) is 0 Å². The van der Waals surface area contributed by atoms with Crippen molar-refractivity contribution >= 4 is 11.8 Å². The van der Waals surface area contributed by atoms with E-state index in [1.54, 1.807) is 5.57 Å². The Bertz CT molecular complexity index is 101. The van der Waals surface area contributed by atoms with Gasteiger partial charge in [-0.25, -0.2) is 0 Å². The van der Waals surface area contributed by atoms with Crippen LogP contribution in [-0.2, 0) is 0 Å². The molecule has 0 aromatic heterocycles. The molecule has 1 heteroatoms. The van der Waals surface area contributed by atoms with E-state index in [1.807, 2.05) is 11.8 Å². The number of hydrogen-bond acceptors (Lipinski definition) is 1. The summed E-state index contributed by atoms with van der Waals surface area (Å²) in [5, 5.41) is 0. The number of allylic oxidation sites excluding steroid dienone is 2. The summed E-state index contributed by atoms with van der Waals surface area (Å²) in [6, 6.07) is 0. The maximum Gasteiger partial charge on any atom is 0.000627 e. The third-order valence-corrected chi connectivity index (χ3v) is 3.01. The molecule has 1 rings (SSSR count). The molecule has 1 saturated heterocycles. The van der Waals surface area contributed by atoms with Gasteiger partial charge in [0, 0.05) is 11.5 Å². The highest BCUT2D eigenvalue weighted by Crippen LogP contribution is 2.30. The molecule has 0 bridgehead atoms. The van der Waals surface area contributed by atoms with Crippen molar-refractivity contribution in [2.75, 3.05) is 11.5 Å². The summed E-state index contributed by atoms with van der Waals surface area (Å²) in [5.41, 5.74) is 1.57. The van der Waals surface area contributed by atoms with Crippen LogP contribution >= 0.6 is 11.8 Å². The van der Waals surface area contributed by atoms with Crippen LogP contribution in [0.3, 0.4) is 0 Å². The van der Waals surface area contributed by atoms with E-state index in [0.29, 0.717) is 0 Å². The van der Waals surface area contributed by atoms with E-state index in [-0.39, 0.29) is 0 Å². The van der Waals surface area contributed by atoms with Gasteiger partial charge in [-0.15, -0.1) is 0 Å². The van der Waals surface area contributed by atoms with Gasteiger partial charge in [0.05, 0.1) is 0 Å². The van der Waals surface area contributed by atoms with Crippen molar-refractivity contribution in [1.29, 1.82) is 0 Å². The Morgan fingerprint density at radius 2 is 2.25 bits per heavy atom. The molecule has 1 heterocycles. The van der Waals surface area contributed by atoms with E-state index in [2.05, 4.69) is 19.9 Å². The summed E-state index contributed by atoms with van der Waals surface area (Å²) in [5.74, 6) is 3.64. The monoisotopic (exact) mass is 128 g/mol. The number of thioether (sulfide) groups is 1. The molecule has 0 nitrogen and oxygen atoms in total. The molecular formula is C7H12S. The van der Waals surface area contributed by atoms with Crippen LogP contribution in [0.25, 0.3) is 0 Å². The highest BCUT2D eigenvalue weighted by atomic mass is 32.2. The Morgan fingerprint density at radius 1 is 1.62 bits per heavy atom. The summed E-state index contributed by atoms with van der Waals surface area (Å²) in [4.78, 5) is 0. The Labute approximate surface area is 55.4 Å². The Morgan fingerprint density at radius 3 is 2.38 bits per heavy atom. The molecule has 1 fully saturated rings. The van der Waals surface area contributed by atoms with Crippen molar-refractivity contribution < 1.29 is 0 Å². The first-order chi connectivity index (χ1) is 3.84. The summed E-state index contributed by atoms with van der Waals surface area (Å²) in [6.07, 6.45) is 2.23. The van der Waals surface area contributed by atoms with Crippen LogP contribution in [0.5, 0.6) is 0 Å². The molecule has 0 radical (unpaired) electrons. The summed E-state index contributed by atoms with van der Waals surface area (Å²) < 4.78 is 0. The van der Waals surface area contributed by atoms with Crippen LogP contribution in [-0.4, -0.2) is 11.5 Å². The quantitative estimate of drug-likeness (QED) is 0.488. The van der Waals surface area contributed by atoms with Gasteiger partial charge in [-0.3, -0.25) is 0 Å². The molecule has 0 unspecified atom stereocenters. The molecule has 1 aliphatic rings. The second kappa shape index (κ2) is 2.58. The second-order valence-corrected chi connectivity index (χ2v) is 3.34. The largest absolute Gasteiger partial charge is 0.161 e. The lowest BCUT2D eigenvalue weighted by molar-refractivity contribution is 0.753. The van der Waals surface area contributed by atoms with Crippen molar-refractivity contribution in [2.24, 2.45) is 5.92 Å². The molecular weight excluding hydrogens is 116 g/mol. The predicted octanol–water partition coefficient (Wildman–Crippen LogP) is 2.32. The van der Waals surface area contributed by atoms with Gasteiger partial charge >= 0.3 is 0 Å². The van der Waals surface area contributed by atoms with Gasteiger partial charge in [-0.05, 0) is 19.8 Å². The highest BCUT2D eigenvalue weighted by molar-refractivity contribution is 8.00. The van der Waals surface area contributed by atoms with Crippen LogP contribution in [0.2, 0.25) is 0 Å². The maximum absolute atomic E-state index is 2.23. The van der Waals surface area contributed by atoms with Crippen molar-refractivity contribution in [3.8, 4) is 0 Å².